The smallest absolute Gasteiger partial charge is 0.348 e. The van der Waals surface area contributed by atoms with E-state index in [2.05, 4.69) is 5.32 Å². The molecule has 0 saturated heterocycles. The van der Waals surface area contributed by atoms with Crippen LogP contribution in [0.15, 0.2) is 6.07 Å². The summed E-state index contributed by atoms with van der Waals surface area (Å²) in [6.45, 7) is 1.65. The number of esters is 2. The molecule has 0 aromatic carbocycles. The van der Waals surface area contributed by atoms with Gasteiger partial charge in [-0.2, -0.15) is 0 Å². The summed E-state index contributed by atoms with van der Waals surface area (Å²) >= 11 is 2.87. The second-order valence-electron chi connectivity index (χ2n) is 7.17. The average Bonchev–Trinajstić information content (AvgIpc) is 3.39. The van der Waals surface area contributed by atoms with Gasteiger partial charge in [-0.1, -0.05) is 0 Å². The number of amides is 1. The first kappa shape index (κ1) is 20.1. The van der Waals surface area contributed by atoms with Crippen LogP contribution in [-0.2, 0) is 40.0 Å². The Labute approximate surface area is 177 Å². The number of carbonyl (C=O) groups excluding carboxylic acids is 3. The molecular formula is C21H23NO5S2. The monoisotopic (exact) mass is 433 g/mol. The number of ether oxygens (including phenoxy) is 2. The van der Waals surface area contributed by atoms with Crippen molar-refractivity contribution in [2.45, 2.75) is 51.9 Å². The summed E-state index contributed by atoms with van der Waals surface area (Å²) in [7, 11) is 0. The van der Waals surface area contributed by atoms with Crippen molar-refractivity contribution < 1.29 is 23.9 Å². The molecule has 2 heterocycles. The van der Waals surface area contributed by atoms with Gasteiger partial charge < -0.3 is 14.8 Å². The third-order valence-corrected chi connectivity index (χ3v) is 7.61. The first-order valence-corrected chi connectivity index (χ1v) is 11.6. The zero-order chi connectivity index (χ0) is 20.4. The molecule has 2 aromatic rings. The lowest BCUT2D eigenvalue weighted by molar-refractivity contribution is -0.119. The number of fused-ring (bicyclic) bond motifs is 2. The van der Waals surface area contributed by atoms with E-state index in [4.69, 9.17) is 9.47 Å². The van der Waals surface area contributed by atoms with E-state index in [1.165, 1.54) is 33.1 Å². The van der Waals surface area contributed by atoms with Crippen LogP contribution in [0.4, 0.5) is 5.00 Å². The molecule has 0 atom stereocenters. The van der Waals surface area contributed by atoms with Gasteiger partial charge in [0.2, 0.25) is 0 Å². The number of thiophene rings is 2. The lowest BCUT2D eigenvalue weighted by atomic mass is 9.99. The SMILES string of the molecule is CCOC(=O)c1c(NC(=O)COC(=O)c2cc3c(s2)CCCC3)sc2c1CCC2. The topological polar surface area (TPSA) is 81.7 Å². The number of aryl methyl sites for hydroxylation is 3. The van der Waals surface area contributed by atoms with Crippen LogP contribution in [0.25, 0.3) is 0 Å². The minimum Gasteiger partial charge on any atom is -0.462 e. The Bertz CT molecular complexity index is 935. The Morgan fingerprint density at radius 1 is 0.966 bits per heavy atom. The molecule has 8 heteroatoms. The van der Waals surface area contributed by atoms with E-state index < -0.39 is 17.8 Å². The molecule has 6 nitrogen and oxygen atoms in total. The highest BCUT2D eigenvalue weighted by molar-refractivity contribution is 7.17. The number of rotatable bonds is 6. The summed E-state index contributed by atoms with van der Waals surface area (Å²) in [5.74, 6) is -1.34. The summed E-state index contributed by atoms with van der Waals surface area (Å²) in [6, 6.07) is 1.89. The van der Waals surface area contributed by atoms with Crippen molar-refractivity contribution in [1.82, 2.24) is 0 Å². The normalized spacial score (nSPS) is 14.8. The molecule has 4 rings (SSSR count). The van der Waals surface area contributed by atoms with E-state index in [0.717, 1.165) is 55.4 Å². The Hall–Kier alpha value is -2.19. The largest absolute Gasteiger partial charge is 0.462 e. The zero-order valence-electron chi connectivity index (χ0n) is 16.3. The number of hydrogen-bond acceptors (Lipinski definition) is 7. The molecule has 0 aliphatic heterocycles. The van der Waals surface area contributed by atoms with Gasteiger partial charge in [-0.25, -0.2) is 9.59 Å². The van der Waals surface area contributed by atoms with Crippen LogP contribution in [-0.4, -0.2) is 31.1 Å². The molecule has 154 valence electrons. The third kappa shape index (κ3) is 4.23. The second kappa shape index (κ2) is 8.67. The van der Waals surface area contributed by atoms with E-state index in [-0.39, 0.29) is 13.2 Å². The Balaban J connectivity index is 1.39. The molecule has 2 aliphatic rings. The van der Waals surface area contributed by atoms with Crippen LogP contribution in [0.5, 0.6) is 0 Å². The first-order chi connectivity index (χ1) is 14.1. The highest BCUT2D eigenvalue weighted by Gasteiger charge is 2.28. The molecular weight excluding hydrogens is 410 g/mol. The van der Waals surface area contributed by atoms with Gasteiger partial charge in [0.15, 0.2) is 6.61 Å². The maximum absolute atomic E-state index is 12.4. The maximum Gasteiger partial charge on any atom is 0.348 e. The summed E-state index contributed by atoms with van der Waals surface area (Å²) < 4.78 is 10.4. The van der Waals surface area contributed by atoms with E-state index in [1.54, 1.807) is 6.92 Å². The molecule has 1 N–H and O–H groups in total. The van der Waals surface area contributed by atoms with Crippen LogP contribution in [0.1, 0.15) is 67.1 Å². The quantitative estimate of drug-likeness (QED) is 0.692. The van der Waals surface area contributed by atoms with Crippen molar-refractivity contribution in [2.24, 2.45) is 0 Å². The predicted octanol–water partition coefficient (Wildman–Crippen LogP) is 4.15. The number of anilines is 1. The van der Waals surface area contributed by atoms with Crippen LogP contribution >= 0.6 is 22.7 Å². The van der Waals surface area contributed by atoms with Gasteiger partial charge in [-0.3, -0.25) is 4.79 Å². The summed E-state index contributed by atoms with van der Waals surface area (Å²) in [5, 5.41) is 3.23. The van der Waals surface area contributed by atoms with Crippen molar-refractivity contribution >= 4 is 45.5 Å². The average molecular weight is 434 g/mol. The maximum atomic E-state index is 12.4. The Morgan fingerprint density at radius 3 is 2.55 bits per heavy atom. The van der Waals surface area contributed by atoms with Gasteiger partial charge >= 0.3 is 11.9 Å². The highest BCUT2D eigenvalue weighted by Crippen LogP contribution is 2.39. The first-order valence-electron chi connectivity index (χ1n) is 9.97. The van der Waals surface area contributed by atoms with Crippen LogP contribution in [0.2, 0.25) is 0 Å². The van der Waals surface area contributed by atoms with Crippen LogP contribution in [0.3, 0.4) is 0 Å². The minimum atomic E-state index is -0.473. The molecule has 1 amide bonds. The van der Waals surface area contributed by atoms with Gasteiger partial charge in [-0.15, -0.1) is 22.7 Å². The Morgan fingerprint density at radius 2 is 1.76 bits per heavy atom. The third-order valence-electron chi connectivity index (χ3n) is 5.19. The second-order valence-corrected chi connectivity index (χ2v) is 9.41. The summed E-state index contributed by atoms with van der Waals surface area (Å²) in [5.41, 5.74) is 2.66. The fourth-order valence-corrected chi connectivity index (χ4v) is 6.31. The fourth-order valence-electron chi connectivity index (χ4n) is 3.87. The van der Waals surface area contributed by atoms with E-state index >= 15 is 0 Å². The molecule has 2 aliphatic carbocycles. The minimum absolute atomic E-state index is 0.277. The number of hydrogen-bond donors (Lipinski definition) is 1. The van der Waals surface area contributed by atoms with E-state index in [0.29, 0.717) is 15.4 Å². The van der Waals surface area contributed by atoms with Crippen molar-refractivity contribution in [3.8, 4) is 0 Å². The van der Waals surface area contributed by atoms with E-state index in [1.807, 2.05) is 6.07 Å². The van der Waals surface area contributed by atoms with Crippen molar-refractivity contribution in [3.05, 3.63) is 37.4 Å². The van der Waals surface area contributed by atoms with Gasteiger partial charge in [0.05, 0.1) is 12.2 Å². The zero-order valence-corrected chi connectivity index (χ0v) is 17.9. The summed E-state index contributed by atoms with van der Waals surface area (Å²) in [4.78, 5) is 40.0. The molecule has 0 bridgehead atoms. The standard InChI is InChI=1S/C21H23NO5S2/c1-2-26-21(25)18-13-7-5-9-15(13)29-19(18)22-17(23)11-27-20(24)16-10-12-6-3-4-8-14(12)28-16/h10H,2-9,11H2,1H3,(H,22,23). The fraction of sp³-hybridized carbons (Fsp3) is 0.476. The molecule has 2 aromatic heterocycles. The lowest BCUT2D eigenvalue weighted by Crippen LogP contribution is -2.21. The van der Waals surface area contributed by atoms with Crippen molar-refractivity contribution in [3.63, 3.8) is 0 Å². The van der Waals surface area contributed by atoms with Crippen molar-refractivity contribution in [2.75, 3.05) is 18.5 Å². The van der Waals surface area contributed by atoms with Gasteiger partial charge in [0.1, 0.15) is 9.88 Å². The number of nitrogens with one attached hydrogen (secondary N) is 1. The molecule has 0 saturated carbocycles. The Kier molecular flexibility index (Phi) is 6.01. The van der Waals surface area contributed by atoms with Gasteiger partial charge in [0.25, 0.3) is 5.91 Å². The molecule has 0 spiro atoms. The van der Waals surface area contributed by atoms with Gasteiger partial charge in [-0.05, 0) is 69.1 Å². The molecule has 0 fully saturated rings. The molecule has 0 radical (unpaired) electrons. The number of carbonyl (C=O) groups is 3. The van der Waals surface area contributed by atoms with Crippen molar-refractivity contribution in [1.29, 1.82) is 0 Å². The summed E-state index contributed by atoms with van der Waals surface area (Å²) in [6.07, 6.45) is 7.03. The lowest BCUT2D eigenvalue weighted by Gasteiger charge is -2.08. The van der Waals surface area contributed by atoms with Gasteiger partial charge in [0, 0.05) is 9.75 Å². The highest BCUT2D eigenvalue weighted by atomic mass is 32.1. The predicted molar refractivity (Wildman–Crippen MR) is 112 cm³/mol. The molecule has 29 heavy (non-hydrogen) atoms. The molecule has 0 unspecified atom stereocenters. The van der Waals surface area contributed by atoms with E-state index in [9.17, 15) is 14.4 Å². The van der Waals surface area contributed by atoms with Crippen LogP contribution < -0.4 is 5.32 Å². The van der Waals surface area contributed by atoms with Crippen LogP contribution in [0, 0.1) is 0 Å².